The minimum Gasteiger partial charge on any atom is -0.495 e. The van der Waals surface area contributed by atoms with E-state index in [1.807, 2.05) is 18.2 Å². The summed E-state index contributed by atoms with van der Waals surface area (Å²) in [6.45, 7) is 8.03. The molecule has 27 heavy (non-hydrogen) atoms. The van der Waals surface area contributed by atoms with Crippen LogP contribution in [0.5, 0.6) is 5.75 Å². The van der Waals surface area contributed by atoms with Gasteiger partial charge in [0.2, 0.25) is 0 Å². The fourth-order valence-electron chi connectivity index (χ4n) is 3.63. The second-order valence-corrected chi connectivity index (χ2v) is 7.22. The molecule has 0 bridgehead atoms. The van der Waals surface area contributed by atoms with Crippen LogP contribution in [0.25, 0.3) is 10.9 Å². The van der Waals surface area contributed by atoms with Gasteiger partial charge in [0, 0.05) is 37.5 Å². The van der Waals surface area contributed by atoms with Crippen LogP contribution >= 0.6 is 0 Å². The van der Waals surface area contributed by atoms with Crippen molar-refractivity contribution in [3.05, 3.63) is 54.4 Å². The first-order valence-corrected chi connectivity index (χ1v) is 9.57. The van der Waals surface area contributed by atoms with E-state index in [-0.39, 0.29) is 0 Å². The number of ether oxygens (including phenoxy) is 1. The molecule has 1 aliphatic heterocycles. The van der Waals surface area contributed by atoms with Gasteiger partial charge in [0.05, 0.1) is 18.3 Å². The Morgan fingerprint density at radius 2 is 1.52 bits per heavy atom. The molecule has 0 saturated carbocycles. The number of hydrogen-bond acceptors (Lipinski definition) is 5. The summed E-state index contributed by atoms with van der Waals surface area (Å²) in [5.74, 6) is 3.21. The molecule has 1 saturated heterocycles. The van der Waals surface area contributed by atoms with Gasteiger partial charge in [-0.3, -0.25) is 0 Å². The van der Waals surface area contributed by atoms with Gasteiger partial charge >= 0.3 is 0 Å². The summed E-state index contributed by atoms with van der Waals surface area (Å²) in [5.41, 5.74) is 2.19. The highest BCUT2D eigenvalue weighted by molar-refractivity contribution is 5.89. The standard InChI is InChI=1S/C22H26N4O/c1-16(2)21-23-18-9-5-4-8-17(18)22(24-21)26-14-12-25(13-15-26)19-10-6-7-11-20(19)27-3/h4-11,16H,12-15H2,1-3H3. The topological polar surface area (TPSA) is 41.5 Å². The molecule has 2 aromatic carbocycles. The quantitative estimate of drug-likeness (QED) is 0.699. The lowest BCUT2D eigenvalue weighted by atomic mass is 10.1. The normalized spacial score (nSPS) is 14.8. The van der Waals surface area contributed by atoms with E-state index in [1.165, 1.54) is 0 Å². The molecule has 0 atom stereocenters. The van der Waals surface area contributed by atoms with Gasteiger partial charge in [0.1, 0.15) is 17.4 Å². The highest BCUT2D eigenvalue weighted by atomic mass is 16.5. The molecule has 140 valence electrons. The molecule has 4 rings (SSSR count). The fraction of sp³-hybridized carbons (Fsp3) is 0.364. The molecule has 0 unspecified atom stereocenters. The SMILES string of the molecule is COc1ccccc1N1CCN(c2nc(C(C)C)nc3ccccc23)CC1. The van der Waals surface area contributed by atoms with E-state index in [9.17, 15) is 0 Å². The molecular weight excluding hydrogens is 336 g/mol. The molecular formula is C22H26N4O. The summed E-state index contributed by atoms with van der Waals surface area (Å²) in [5, 5.41) is 1.13. The van der Waals surface area contributed by atoms with Crippen LogP contribution in [0.2, 0.25) is 0 Å². The second kappa shape index (κ2) is 7.43. The fourth-order valence-corrected chi connectivity index (χ4v) is 3.63. The number of methoxy groups -OCH3 is 1. The molecule has 0 spiro atoms. The molecule has 1 aromatic heterocycles. The predicted octanol–water partition coefficient (Wildman–Crippen LogP) is 4.09. The smallest absolute Gasteiger partial charge is 0.142 e. The molecule has 2 heterocycles. The maximum atomic E-state index is 5.53. The van der Waals surface area contributed by atoms with E-state index in [0.717, 1.165) is 60.2 Å². The zero-order valence-corrected chi connectivity index (χ0v) is 16.2. The van der Waals surface area contributed by atoms with Gasteiger partial charge in [-0.2, -0.15) is 0 Å². The first kappa shape index (κ1) is 17.6. The Morgan fingerprint density at radius 3 is 2.26 bits per heavy atom. The number of hydrogen-bond donors (Lipinski definition) is 0. The van der Waals surface area contributed by atoms with Crippen LogP contribution in [0, 0.1) is 0 Å². The predicted molar refractivity (Wildman–Crippen MR) is 111 cm³/mol. The Kier molecular flexibility index (Phi) is 4.84. The molecule has 5 nitrogen and oxygen atoms in total. The summed E-state index contributed by atoms with van der Waals surface area (Å²) < 4.78 is 5.53. The Bertz CT molecular complexity index is 932. The Labute approximate surface area is 160 Å². The summed E-state index contributed by atoms with van der Waals surface area (Å²) in [4.78, 5) is 14.5. The van der Waals surface area contributed by atoms with Gasteiger partial charge in [0.15, 0.2) is 0 Å². The summed E-state index contributed by atoms with van der Waals surface area (Å²) in [6, 6.07) is 16.5. The van der Waals surface area contributed by atoms with Crippen LogP contribution in [-0.2, 0) is 0 Å². The number of para-hydroxylation sites is 3. The number of aromatic nitrogens is 2. The maximum Gasteiger partial charge on any atom is 0.142 e. The average Bonchev–Trinajstić information content (AvgIpc) is 2.73. The highest BCUT2D eigenvalue weighted by Crippen LogP contribution is 2.31. The zero-order valence-electron chi connectivity index (χ0n) is 16.2. The van der Waals surface area contributed by atoms with Crippen molar-refractivity contribution in [1.29, 1.82) is 0 Å². The van der Waals surface area contributed by atoms with E-state index in [0.29, 0.717) is 5.92 Å². The van der Waals surface area contributed by atoms with Crippen molar-refractivity contribution in [2.75, 3.05) is 43.1 Å². The molecule has 0 radical (unpaired) electrons. The van der Waals surface area contributed by atoms with E-state index in [1.54, 1.807) is 7.11 Å². The van der Waals surface area contributed by atoms with Crippen LogP contribution in [0.1, 0.15) is 25.6 Å². The van der Waals surface area contributed by atoms with Crippen molar-refractivity contribution in [2.24, 2.45) is 0 Å². The Morgan fingerprint density at radius 1 is 0.852 bits per heavy atom. The molecule has 5 heteroatoms. The zero-order chi connectivity index (χ0) is 18.8. The lowest BCUT2D eigenvalue weighted by Gasteiger charge is -2.37. The summed E-state index contributed by atoms with van der Waals surface area (Å²) in [6.07, 6.45) is 0. The van der Waals surface area contributed by atoms with Gasteiger partial charge in [0.25, 0.3) is 0 Å². The van der Waals surface area contributed by atoms with E-state index in [4.69, 9.17) is 14.7 Å². The van der Waals surface area contributed by atoms with Crippen molar-refractivity contribution < 1.29 is 4.74 Å². The van der Waals surface area contributed by atoms with Crippen molar-refractivity contribution in [3.63, 3.8) is 0 Å². The van der Waals surface area contributed by atoms with Crippen LogP contribution in [-0.4, -0.2) is 43.3 Å². The van der Waals surface area contributed by atoms with Gasteiger partial charge < -0.3 is 14.5 Å². The summed E-state index contributed by atoms with van der Waals surface area (Å²) in [7, 11) is 1.73. The Balaban J connectivity index is 1.61. The number of anilines is 2. The van der Waals surface area contributed by atoms with Crippen molar-refractivity contribution in [2.45, 2.75) is 19.8 Å². The number of nitrogens with zero attached hydrogens (tertiary/aromatic N) is 4. The Hall–Kier alpha value is -2.82. The number of benzene rings is 2. The number of rotatable bonds is 4. The molecule has 1 fully saturated rings. The maximum absolute atomic E-state index is 5.53. The third-order valence-corrected chi connectivity index (χ3v) is 5.12. The third-order valence-electron chi connectivity index (χ3n) is 5.12. The monoisotopic (exact) mass is 362 g/mol. The minimum atomic E-state index is 0.309. The van der Waals surface area contributed by atoms with E-state index < -0.39 is 0 Å². The second-order valence-electron chi connectivity index (χ2n) is 7.22. The highest BCUT2D eigenvalue weighted by Gasteiger charge is 2.23. The van der Waals surface area contributed by atoms with Crippen molar-refractivity contribution in [3.8, 4) is 5.75 Å². The lowest BCUT2D eigenvalue weighted by Crippen LogP contribution is -2.47. The van der Waals surface area contributed by atoms with Crippen molar-refractivity contribution >= 4 is 22.4 Å². The lowest BCUT2D eigenvalue weighted by molar-refractivity contribution is 0.413. The first-order valence-electron chi connectivity index (χ1n) is 9.57. The number of fused-ring (bicyclic) bond motifs is 1. The minimum absolute atomic E-state index is 0.309. The van der Waals surface area contributed by atoms with Crippen LogP contribution in [0.3, 0.4) is 0 Å². The summed E-state index contributed by atoms with van der Waals surface area (Å²) >= 11 is 0. The van der Waals surface area contributed by atoms with Crippen molar-refractivity contribution in [1.82, 2.24) is 9.97 Å². The van der Waals surface area contributed by atoms with Crippen LogP contribution in [0.15, 0.2) is 48.5 Å². The molecule has 1 aliphatic rings. The molecule has 0 N–H and O–H groups in total. The van der Waals surface area contributed by atoms with E-state index in [2.05, 4.69) is 54.0 Å². The van der Waals surface area contributed by atoms with E-state index >= 15 is 0 Å². The van der Waals surface area contributed by atoms with Crippen LogP contribution in [0.4, 0.5) is 11.5 Å². The molecule has 0 aliphatic carbocycles. The first-order chi connectivity index (χ1) is 13.2. The van der Waals surface area contributed by atoms with Gasteiger partial charge in [-0.05, 0) is 24.3 Å². The van der Waals surface area contributed by atoms with Crippen LogP contribution < -0.4 is 14.5 Å². The molecule has 0 amide bonds. The largest absolute Gasteiger partial charge is 0.495 e. The van der Waals surface area contributed by atoms with Gasteiger partial charge in [-0.15, -0.1) is 0 Å². The molecule has 3 aromatic rings. The van der Waals surface area contributed by atoms with Gasteiger partial charge in [-0.1, -0.05) is 38.1 Å². The van der Waals surface area contributed by atoms with Gasteiger partial charge in [-0.25, -0.2) is 9.97 Å². The third kappa shape index (κ3) is 3.42. The average molecular weight is 362 g/mol. The number of piperazine rings is 1.